The van der Waals surface area contributed by atoms with Gasteiger partial charge in [-0.1, -0.05) is 30.3 Å². The molecule has 1 atom stereocenters. The Bertz CT molecular complexity index is 667. The summed E-state index contributed by atoms with van der Waals surface area (Å²) in [5.41, 5.74) is 7.27. The highest BCUT2D eigenvalue weighted by atomic mass is 32.2. The smallest absolute Gasteiger partial charge is 0.216 e. The van der Waals surface area contributed by atoms with E-state index in [1.54, 1.807) is 11.3 Å². The fourth-order valence-corrected chi connectivity index (χ4v) is 4.42. The van der Waals surface area contributed by atoms with Crippen molar-refractivity contribution in [3.05, 3.63) is 57.8 Å². The van der Waals surface area contributed by atoms with Crippen molar-refractivity contribution in [3.8, 4) is 0 Å². The summed E-state index contributed by atoms with van der Waals surface area (Å²) in [4.78, 5) is 1.18. The molecule has 2 rings (SSSR count). The molecule has 114 valence electrons. The van der Waals surface area contributed by atoms with Crippen molar-refractivity contribution in [2.75, 3.05) is 0 Å². The molecule has 0 aliphatic rings. The van der Waals surface area contributed by atoms with Crippen LogP contribution in [0.3, 0.4) is 0 Å². The van der Waals surface area contributed by atoms with Crippen LogP contribution >= 0.6 is 11.3 Å². The van der Waals surface area contributed by atoms with Gasteiger partial charge >= 0.3 is 0 Å². The van der Waals surface area contributed by atoms with E-state index in [0.29, 0.717) is 13.0 Å². The SMILES string of the molecule is CC(Cc1cccs1)NS(=O)(=O)Cc1cccc(CN)c1. The third kappa shape index (κ3) is 5.24. The lowest BCUT2D eigenvalue weighted by molar-refractivity contribution is 0.560. The molecule has 6 heteroatoms. The second-order valence-electron chi connectivity index (χ2n) is 5.09. The molecule has 1 aromatic heterocycles. The van der Waals surface area contributed by atoms with Crippen LogP contribution in [-0.2, 0) is 28.7 Å². The second-order valence-corrected chi connectivity index (χ2v) is 7.87. The van der Waals surface area contributed by atoms with Crippen molar-refractivity contribution in [1.82, 2.24) is 4.72 Å². The Morgan fingerprint density at radius 2 is 2.00 bits per heavy atom. The molecule has 0 aliphatic carbocycles. The lowest BCUT2D eigenvalue weighted by Crippen LogP contribution is -2.34. The highest BCUT2D eigenvalue weighted by molar-refractivity contribution is 7.88. The Labute approximate surface area is 130 Å². The maximum atomic E-state index is 12.2. The van der Waals surface area contributed by atoms with Gasteiger partial charge in [-0.3, -0.25) is 0 Å². The Morgan fingerprint density at radius 1 is 1.24 bits per heavy atom. The summed E-state index contributed by atoms with van der Waals surface area (Å²) in [6, 6.07) is 11.2. The molecule has 2 aromatic rings. The minimum atomic E-state index is -3.35. The van der Waals surface area contributed by atoms with Crippen molar-refractivity contribution < 1.29 is 8.42 Å². The van der Waals surface area contributed by atoms with E-state index in [-0.39, 0.29) is 11.8 Å². The molecular weight excluding hydrogens is 304 g/mol. The highest BCUT2D eigenvalue weighted by Gasteiger charge is 2.16. The maximum Gasteiger partial charge on any atom is 0.216 e. The first kappa shape index (κ1) is 16.2. The van der Waals surface area contributed by atoms with Gasteiger partial charge in [-0.15, -0.1) is 11.3 Å². The lowest BCUT2D eigenvalue weighted by Gasteiger charge is -2.13. The first-order valence-electron chi connectivity index (χ1n) is 6.79. The number of rotatable bonds is 7. The van der Waals surface area contributed by atoms with Gasteiger partial charge in [0.05, 0.1) is 5.75 Å². The molecule has 3 N–H and O–H groups in total. The number of hydrogen-bond donors (Lipinski definition) is 2. The number of benzene rings is 1. The van der Waals surface area contributed by atoms with E-state index >= 15 is 0 Å². The highest BCUT2D eigenvalue weighted by Crippen LogP contribution is 2.13. The van der Waals surface area contributed by atoms with Gasteiger partial charge < -0.3 is 5.73 Å². The Morgan fingerprint density at radius 3 is 2.67 bits per heavy atom. The summed E-state index contributed by atoms with van der Waals surface area (Å²) in [6.07, 6.45) is 0.708. The van der Waals surface area contributed by atoms with Gasteiger partial charge in [0.15, 0.2) is 0 Å². The Hall–Kier alpha value is -1.21. The van der Waals surface area contributed by atoms with Crippen LogP contribution in [0, 0.1) is 0 Å². The number of nitrogens with two attached hydrogens (primary N) is 1. The number of sulfonamides is 1. The van der Waals surface area contributed by atoms with Crippen molar-refractivity contribution in [2.45, 2.75) is 31.7 Å². The average molecular weight is 324 g/mol. The summed E-state index contributed by atoms with van der Waals surface area (Å²) in [7, 11) is -3.35. The predicted octanol–water partition coefficient (Wildman–Crippen LogP) is 2.26. The van der Waals surface area contributed by atoms with Gasteiger partial charge in [0.2, 0.25) is 10.0 Å². The van der Waals surface area contributed by atoms with Crippen LogP contribution in [0.2, 0.25) is 0 Å². The zero-order chi connectivity index (χ0) is 15.3. The molecule has 4 nitrogen and oxygen atoms in total. The fraction of sp³-hybridized carbons (Fsp3) is 0.333. The monoisotopic (exact) mass is 324 g/mol. The van der Waals surface area contributed by atoms with Crippen LogP contribution in [0.25, 0.3) is 0 Å². The van der Waals surface area contributed by atoms with Crippen LogP contribution in [-0.4, -0.2) is 14.5 Å². The first-order valence-corrected chi connectivity index (χ1v) is 9.32. The minimum Gasteiger partial charge on any atom is -0.326 e. The third-order valence-corrected chi connectivity index (χ3v) is 5.43. The summed E-state index contributed by atoms with van der Waals surface area (Å²) in [5.74, 6) is -0.0182. The number of hydrogen-bond acceptors (Lipinski definition) is 4. The van der Waals surface area contributed by atoms with E-state index in [9.17, 15) is 8.42 Å². The molecule has 0 bridgehead atoms. The van der Waals surface area contributed by atoms with E-state index in [0.717, 1.165) is 11.1 Å². The number of nitrogens with one attached hydrogen (secondary N) is 1. The quantitative estimate of drug-likeness (QED) is 0.820. The van der Waals surface area contributed by atoms with E-state index < -0.39 is 10.0 Å². The normalized spacial score (nSPS) is 13.2. The fourth-order valence-electron chi connectivity index (χ4n) is 2.19. The Balaban J connectivity index is 1.97. The topological polar surface area (TPSA) is 72.2 Å². The molecule has 0 spiro atoms. The predicted molar refractivity (Wildman–Crippen MR) is 87.6 cm³/mol. The maximum absolute atomic E-state index is 12.2. The molecule has 0 radical (unpaired) electrons. The van der Waals surface area contributed by atoms with Gasteiger partial charge in [-0.05, 0) is 35.9 Å². The zero-order valence-electron chi connectivity index (χ0n) is 12.0. The van der Waals surface area contributed by atoms with Crippen LogP contribution < -0.4 is 10.5 Å². The molecule has 0 fully saturated rings. The van der Waals surface area contributed by atoms with Gasteiger partial charge in [-0.2, -0.15) is 0 Å². The van der Waals surface area contributed by atoms with Crippen molar-refractivity contribution in [3.63, 3.8) is 0 Å². The molecule has 0 saturated heterocycles. The molecule has 0 amide bonds. The zero-order valence-corrected chi connectivity index (χ0v) is 13.6. The molecule has 0 aliphatic heterocycles. The molecule has 21 heavy (non-hydrogen) atoms. The van der Waals surface area contributed by atoms with Crippen molar-refractivity contribution >= 4 is 21.4 Å². The van der Waals surface area contributed by atoms with Crippen LogP contribution in [0.1, 0.15) is 22.9 Å². The van der Waals surface area contributed by atoms with Crippen LogP contribution in [0.4, 0.5) is 0 Å². The van der Waals surface area contributed by atoms with Crippen molar-refractivity contribution in [2.24, 2.45) is 5.73 Å². The van der Waals surface area contributed by atoms with Gasteiger partial charge in [0, 0.05) is 17.5 Å². The van der Waals surface area contributed by atoms with Gasteiger partial charge in [-0.25, -0.2) is 13.1 Å². The van der Waals surface area contributed by atoms with E-state index in [1.807, 2.05) is 48.7 Å². The molecule has 1 unspecified atom stereocenters. The number of thiophene rings is 1. The third-order valence-electron chi connectivity index (χ3n) is 3.05. The molecular formula is C15H20N2O2S2. The van der Waals surface area contributed by atoms with Crippen LogP contribution in [0.15, 0.2) is 41.8 Å². The molecule has 1 aromatic carbocycles. The van der Waals surface area contributed by atoms with E-state index in [1.165, 1.54) is 4.88 Å². The lowest BCUT2D eigenvalue weighted by atomic mass is 10.1. The standard InChI is InChI=1S/C15H20N2O2S2/c1-12(8-15-6-3-7-20-15)17-21(18,19)11-14-5-2-4-13(9-14)10-16/h2-7,9,12,17H,8,10-11,16H2,1H3. The van der Waals surface area contributed by atoms with Gasteiger partial charge in [0.25, 0.3) is 0 Å². The minimum absolute atomic E-state index is 0.0182. The van der Waals surface area contributed by atoms with E-state index in [4.69, 9.17) is 5.73 Å². The van der Waals surface area contributed by atoms with E-state index in [2.05, 4.69) is 4.72 Å². The second kappa shape index (κ2) is 7.17. The molecule has 1 heterocycles. The summed E-state index contributed by atoms with van der Waals surface area (Å²) < 4.78 is 27.1. The van der Waals surface area contributed by atoms with Gasteiger partial charge in [0.1, 0.15) is 0 Å². The summed E-state index contributed by atoms with van der Waals surface area (Å²) in [6.45, 7) is 2.30. The summed E-state index contributed by atoms with van der Waals surface area (Å²) in [5, 5.41) is 1.99. The van der Waals surface area contributed by atoms with Crippen LogP contribution in [0.5, 0.6) is 0 Å². The summed E-state index contributed by atoms with van der Waals surface area (Å²) >= 11 is 1.64. The molecule has 0 saturated carbocycles. The average Bonchev–Trinajstić information content (AvgIpc) is 2.90. The Kier molecular flexibility index (Phi) is 5.52. The van der Waals surface area contributed by atoms with Crippen molar-refractivity contribution in [1.29, 1.82) is 0 Å². The largest absolute Gasteiger partial charge is 0.326 e. The first-order chi connectivity index (χ1) is 9.98.